The Labute approximate surface area is 79.4 Å². The molecule has 8 heteroatoms. The van der Waals surface area contributed by atoms with Crippen LogP contribution in [0, 0.1) is 0 Å². The zero-order chi connectivity index (χ0) is 11.2. The largest absolute Gasteiger partial charge is 0.448 e. The second-order valence-electron chi connectivity index (χ2n) is 1.41. The predicted molar refractivity (Wildman–Crippen MR) is 37.3 cm³/mol. The summed E-state index contributed by atoms with van der Waals surface area (Å²) in [6.07, 6.45) is -8.90. The average Bonchev–Trinajstić information content (AvgIpc) is 1.82. The van der Waals surface area contributed by atoms with Crippen molar-refractivity contribution in [1.82, 2.24) is 0 Å². The van der Waals surface area contributed by atoms with E-state index in [1.807, 2.05) is 0 Å². The Balaban J connectivity index is 0. The Kier molecular flexibility index (Phi) is 7.15. The Morgan fingerprint density at radius 3 is 1.23 bits per heavy atom. The van der Waals surface area contributed by atoms with Gasteiger partial charge in [-0.3, -0.25) is 0 Å². The molecule has 0 atom stereocenters. The molecular formula is C5H2Cl2F6. The summed E-state index contributed by atoms with van der Waals surface area (Å²) in [5.74, 6) is -3.33. The van der Waals surface area contributed by atoms with E-state index in [0.29, 0.717) is 0 Å². The van der Waals surface area contributed by atoms with E-state index in [1.165, 1.54) is 0 Å². The molecule has 0 rings (SSSR count). The maximum Gasteiger partial charge on any atom is 0.448 e. The van der Waals surface area contributed by atoms with Crippen LogP contribution in [0.4, 0.5) is 26.3 Å². The first-order chi connectivity index (χ1) is 5.59. The fourth-order valence-corrected chi connectivity index (χ4v) is 0.107. The van der Waals surface area contributed by atoms with Gasteiger partial charge in [0.1, 0.15) is 0 Å². The SMILES string of the molecule is C=C(Cl)Cl.FC(F)=C(F)C(F)(F)F. The van der Waals surface area contributed by atoms with Crippen molar-refractivity contribution in [2.45, 2.75) is 6.18 Å². The summed E-state index contributed by atoms with van der Waals surface area (Å²) in [4.78, 5) is 0. The lowest BCUT2D eigenvalue weighted by Crippen LogP contribution is -2.08. The molecule has 0 bridgehead atoms. The van der Waals surface area contributed by atoms with Crippen LogP contribution in [-0.4, -0.2) is 6.18 Å². The minimum atomic E-state index is -5.56. The summed E-state index contributed by atoms with van der Waals surface area (Å²) in [7, 11) is 0. The molecule has 0 amide bonds. The van der Waals surface area contributed by atoms with Gasteiger partial charge >= 0.3 is 12.3 Å². The van der Waals surface area contributed by atoms with Gasteiger partial charge in [0.05, 0.1) is 4.49 Å². The van der Waals surface area contributed by atoms with Crippen LogP contribution >= 0.6 is 23.2 Å². The van der Waals surface area contributed by atoms with Crippen molar-refractivity contribution in [3.05, 3.63) is 23.0 Å². The lowest BCUT2D eigenvalue weighted by Gasteiger charge is -1.98. The Hall–Kier alpha value is -0.360. The molecule has 0 radical (unpaired) electrons. The molecule has 0 unspecified atom stereocenters. The molecule has 0 aliphatic heterocycles. The fraction of sp³-hybridized carbons (Fsp3) is 0.200. The molecule has 0 aromatic rings. The topological polar surface area (TPSA) is 0 Å². The van der Waals surface area contributed by atoms with E-state index >= 15 is 0 Å². The highest BCUT2D eigenvalue weighted by molar-refractivity contribution is 6.55. The van der Waals surface area contributed by atoms with Crippen LogP contribution in [0.5, 0.6) is 0 Å². The summed E-state index contributed by atoms with van der Waals surface area (Å²) >= 11 is 9.69. The summed E-state index contributed by atoms with van der Waals surface area (Å²) < 4.78 is 64.9. The maximum atomic E-state index is 11.0. The Bertz CT molecular complexity index is 198. The van der Waals surface area contributed by atoms with Gasteiger partial charge in [-0.15, -0.1) is 0 Å². The number of hydrogen-bond donors (Lipinski definition) is 0. The molecular weight excluding hydrogens is 245 g/mol. The molecule has 0 fully saturated rings. The summed E-state index contributed by atoms with van der Waals surface area (Å²) in [6, 6.07) is 0. The summed E-state index contributed by atoms with van der Waals surface area (Å²) in [5, 5.41) is 0. The quantitative estimate of drug-likeness (QED) is 0.550. The first kappa shape index (κ1) is 15.1. The van der Waals surface area contributed by atoms with E-state index in [-0.39, 0.29) is 4.49 Å². The van der Waals surface area contributed by atoms with E-state index in [9.17, 15) is 26.3 Å². The molecule has 13 heavy (non-hydrogen) atoms. The van der Waals surface area contributed by atoms with Crippen LogP contribution in [0.2, 0.25) is 0 Å². The molecule has 0 aliphatic rings. The molecule has 78 valence electrons. The molecule has 0 aromatic carbocycles. The van der Waals surface area contributed by atoms with Crippen molar-refractivity contribution in [3.63, 3.8) is 0 Å². The van der Waals surface area contributed by atoms with Gasteiger partial charge in [0.25, 0.3) is 5.83 Å². The van der Waals surface area contributed by atoms with Gasteiger partial charge in [0.15, 0.2) is 0 Å². The van der Waals surface area contributed by atoms with Gasteiger partial charge in [-0.1, -0.05) is 29.8 Å². The molecule has 0 aromatic heterocycles. The maximum absolute atomic E-state index is 11.0. The number of hydrogen-bond acceptors (Lipinski definition) is 0. The van der Waals surface area contributed by atoms with E-state index in [4.69, 9.17) is 23.2 Å². The highest BCUT2D eigenvalue weighted by Gasteiger charge is 2.38. The Morgan fingerprint density at radius 2 is 1.23 bits per heavy atom. The molecule has 0 heterocycles. The van der Waals surface area contributed by atoms with Gasteiger partial charge in [-0.05, 0) is 0 Å². The summed E-state index contributed by atoms with van der Waals surface area (Å²) in [5.41, 5.74) is 0. The van der Waals surface area contributed by atoms with Crippen molar-refractivity contribution in [3.8, 4) is 0 Å². The first-order valence-corrected chi connectivity index (χ1v) is 3.12. The van der Waals surface area contributed by atoms with Crippen molar-refractivity contribution in [2.24, 2.45) is 0 Å². The monoisotopic (exact) mass is 246 g/mol. The third-order valence-electron chi connectivity index (χ3n) is 0.415. The minimum Gasteiger partial charge on any atom is -0.196 e. The van der Waals surface area contributed by atoms with Crippen LogP contribution in [0.15, 0.2) is 23.0 Å². The predicted octanol–water partition coefficient (Wildman–Crippen LogP) is 4.56. The zero-order valence-electron chi connectivity index (χ0n) is 5.73. The fourth-order valence-electron chi connectivity index (χ4n) is 0.107. The van der Waals surface area contributed by atoms with E-state index in [1.54, 1.807) is 0 Å². The van der Waals surface area contributed by atoms with E-state index in [2.05, 4.69) is 6.58 Å². The van der Waals surface area contributed by atoms with Gasteiger partial charge in [0, 0.05) is 0 Å². The number of allylic oxidation sites excluding steroid dienone is 1. The van der Waals surface area contributed by atoms with Gasteiger partial charge in [0.2, 0.25) is 0 Å². The third kappa shape index (κ3) is 11.6. The first-order valence-electron chi connectivity index (χ1n) is 2.37. The Morgan fingerprint density at radius 1 is 1.00 bits per heavy atom. The third-order valence-corrected chi connectivity index (χ3v) is 0.415. The number of rotatable bonds is 0. The zero-order valence-corrected chi connectivity index (χ0v) is 7.24. The molecule has 0 saturated carbocycles. The van der Waals surface area contributed by atoms with Crippen LogP contribution in [0.3, 0.4) is 0 Å². The normalized spacial score (nSPS) is 9.85. The molecule has 0 N–H and O–H groups in total. The lowest BCUT2D eigenvalue weighted by molar-refractivity contribution is -0.113. The molecule has 0 aliphatic carbocycles. The molecule has 0 nitrogen and oxygen atoms in total. The minimum absolute atomic E-state index is 0.111. The second-order valence-corrected chi connectivity index (χ2v) is 2.52. The van der Waals surface area contributed by atoms with E-state index in [0.717, 1.165) is 0 Å². The average molecular weight is 247 g/mol. The number of halogens is 8. The smallest absolute Gasteiger partial charge is 0.196 e. The summed E-state index contributed by atoms with van der Waals surface area (Å²) in [6.45, 7) is 3.09. The van der Waals surface area contributed by atoms with Crippen molar-refractivity contribution < 1.29 is 26.3 Å². The van der Waals surface area contributed by atoms with Gasteiger partial charge in [-0.2, -0.15) is 26.3 Å². The standard InChI is InChI=1S/C3F6.C2H2Cl2/c4-1(2(5)6)3(7,8)9;1-2(3)4/h;1H2. The number of alkyl halides is 3. The van der Waals surface area contributed by atoms with Crippen molar-refractivity contribution >= 4 is 23.2 Å². The highest BCUT2D eigenvalue weighted by Crippen LogP contribution is 2.29. The highest BCUT2D eigenvalue weighted by atomic mass is 35.5. The van der Waals surface area contributed by atoms with Gasteiger partial charge in [-0.25, -0.2) is 0 Å². The van der Waals surface area contributed by atoms with E-state index < -0.39 is 18.1 Å². The molecule has 0 spiro atoms. The van der Waals surface area contributed by atoms with Crippen molar-refractivity contribution in [1.29, 1.82) is 0 Å². The lowest BCUT2D eigenvalue weighted by atomic mass is 10.6. The van der Waals surface area contributed by atoms with Crippen molar-refractivity contribution in [2.75, 3.05) is 0 Å². The van der Waals surface area contributed by atoms with Crippen LogP contribution in [-0.2, 0) is 0 Å². The van der Waals surface area contributed by atoms with Gasteiger partial charge < -0.3 is 0 Å². The molecule has 0 saturated heterocycles. The van der Waals surface area contributed by atoms with Crippen LogP contribution in [0.25, 0.3) is 0 Å². The van der Waals surface area contributed by atoms with Crippen LogP contribution < -0.4 is 0 Å². The second kappa shape index (κ2) is 6.15. The van der Waals surface area contributed by atoms with Crippen LogP contribution in [0.1, 0.15) is 0 Å².